The number of benzene rings is 3. The fraction of sp³-hybridized carbons (Fsp3) is 0.0690. The molecule has 0 amide bonds. The lowest BCUT2D eigenvalue weighted by Crippen LogP contribution is -2.23. The average Bonchev–Trinajstić information content (AvgIpc) is 3.26. The van der Waals surface area contributed by atoms with E-state index in [1.165, 1.54) is 22.0 Å². The lowest BCUT2D eigenvalue weighted by molar-refractivity contribution is -0.494. The molecule has 6 nitrogen and oxygen atoms in total. The summed E-state index contributed by atoms with van der Waals surface area (Å²) in [6.07, 6.45) is 2.12. The predicted molar refractivity (Wildman–Crippen MR) is 148 cm³/mol. The number of nitrogens with one attached hydrogen (secondary N) is 1. The van der Waals surface area contributed by atoms with Crippen LogP contribution in [0.3, 0.4) is 0 Å². The summed E-state index contributed by atoms with van der Waals surface area (Å²) >= 11 is 6.23. The van der Waals surface area contributed by atoms with E-state index in [0.29, 0.717) is 6.54 Å². The maximum absolute atomic E-state index is 10.7. The number of nitrogens with zero attached hydrogens (tertiary/aromatic N) is 2. The number of hydrogen-bond donors (Lipinski definition) is 1. The minimum absolute atomic E-state index is 0.682. The van der Waals surface area contributed by atoms with Crippen LogP contribution in [-0.4, -0.2) is 22.9 Å². The van der Waals surface area contributed by atoms with E-state index in [9.17, 15) is 13.2 Å². The van der Waals surface area contributed by atoms with Gasteiger partial charge in [0.15, 0.2) is 15.6 Å². The van der Waals surface area contributed by atoms with Gasteiger partial charge in [0.25, 0.3) is 5.82 Å². The molecule has 0 radical (unpaired) electrons. The molecule has 0 spiro atoms. The third-order valence-electron chi connectivity index (χ3n) is 6.21. The zero-order valence-corrected chi connectivity index (χ0v) is 22.2. The number of hydrogen-bond acceptors (Lipinski definition) is 4. The van der Waals surface area contributed by atoms with E-state index in [2.05, 4.69) is 105 Å². The molecule has 0 atom stereocenters. The Balaban J connectivity index is 0.000000355. The molecule has 0 saturated carbocycles. The largest absolute Gasteiger partial charge is 0.741 e. The number of halogens is 4. The normalized spacial score (nSPS) is 11.9. The van der Waals surface area contributed by atoms with Gasteiger partial charge in [0.1, 0.15) is 5.69 Å². The molecule has 40 heavy (non-hydrogen) atoms. The summed E-state index contributed by atoms with van der Waals surface area (Å²) in [4.78, 5) is 0. The molecule has 0 bridgehead atoms. The number of rotatable bonds is 4. The molecular formula is C29H21ClF3N3O3S. The van der Waals surface area contributed by atoms with Crippen LogP contribution >= 0.6 is 11.6 Å². The summed E-state index contributed by atoms with van der Waals surface area (Å²) in [6, 6.07) is 35.8. The molecule has 3 heterocycles. The molecule has 0 aliphatic rings. The van der Waals surface area contributed by atoms with Gasteiger partial charge in [0.05, 0.1) is 12.7 Å². The van der Waals surface area contributed by atoms with E-state index in [1.54, 1.807) is 0 Å². The van der Waals surface area contributed by atoms with Gasteiger partial charge in [-0.3, -0.25) is 5.32 Å². The Labute approximate surface area is 232 Å². The summed E-state index contributed by atoms with van der Waals surface area (Å²) < 4.78 is 63.5. The quantitative estimate of drug-likeness (QED) is 0.140. The number of anilines is 1. The highest BCUT2D eigenvalue weighted by atomic mass is 35.5. The lowest BCUT2D eigenvalue weighted by Gasteiger charge is -2.08. The Morgan fingerprint density at radius 2 is 1.55 bits per heavy atom. The van der Waals surface area contributed by atoms with Crippen molar-refractivity contribution in [3.8, 4) is 11.3 Å². The molecule has 0 saturated heterocycles. The van der Waals surface area contributed by atoms with Gasteiger partial charge in [0, 0.05) is 22.0 Å². The Morgan fingerprint density at radius 1 is 0.875 bits per heavy atom. The van der Waals surface area contributed by atoms with Gasteiger partial charge in [-0.25, -0.2) is 17.2 Å². The van der Waals surface area contributed by atoms with E-state index >= 15 is 0 Å². The van der Waals surface area contributed by atoms with Crippen molar-refractivity contribution >= 4 is 49.5 Å². The van der Waals surface area contributed by atoms with Crippen molar-refractivity contribution < 1.29 is 30.5 Å². The first-order valence-corrected chi connectivity index (χ1v) is 13.8. The zero-order valence-electron chi connectivity index (χ0n) is 20.6. The highest BCUT2D eigenvalue weighted by Gasteiger charge is 2.37. The predicted octanol–water partition coefficient (Wildman–Crippen LogP) is 6.82. The van der Waals surface area contributed by atoms with Crippen molar-refractivity contribution in [3.63, 3.8) is 0 Å². The Bertz CT molecular complexity index is 1940. The topological polar surface area (TPSA) is 77.7 Å². The van der Waals surface area contributed by atoms with Crippen molar-refractivity contribution in [1.82, 2.24) is 4.40 Å². The van der Waals surface area contributed by atoms with Crippen LogP contribution in [0.5, 0.6) is 0 Å². The van der Waals surface area contributed by atoms with Gasteiger partial charge in [-0.05, 0) is 35.2 Å². The van der Waals surface area contributed by atoms with Gasteiger partial charge in [-0.15, -0.1) is 0 Å². The Hall–Kier alpha value is -4.12. The Morgan fingerprint density at radius 3 is 2.25 bits per heavy atom. The van der Waals surface area contributed by atoms with Crippen LogP contribution in [0, 0.1) is 0 Å². The Kier molecular flexibility index (Phi) is 7.41. The summed E-state index contributed by atoms with van der Waals surface area (Å²) in [5, 5.41) is 6.89. The molecule has 3 aromatic carbocycles. The van der Waals surface area contributed by atoms with Crippen molar-refractivity contribution in [2.75, 3.05) is 5.32 Å². The van der Waals surface area contributed by atoms with Crippen molar-refractivity contribution in [2.45, 2.75) is 12.1 Å². The summed E-state index contributed by atoms with van der Waals surface area (Å²) in [5.41, 5.74) is 0.123. The fourth-order valence-corrected chi connectivity index (χ4v) is 4.72. The van der Waals surface area contributed by atoms with Crippen molar-refractivity contribution in [2.24, 2.45) is 0 Å². The van der Waals surface area contributed by atoms with Crippen LogP contribution < -0.4 is 9.72 Å². The number of fused-ring (bicyclic) bond motifs is 5. The minimum atomic E-state index is -6.09. The average molecular weight is 584 g/mol. The van der Waals surface area contributed by atoms with E-state index in [4.69, 9.17) is 24.6 Å². The van der Waals surface area contributed by atoms with Crippen LogP contribution in [0.15, 0.2) is 109 Å². The van der Waals surface area contributed by atoms with E-state index < -0.39 is 15.6 Å². The second-order valence-corrected chi connectivity index (χ2v) is 10.6. The van der Waals surface area contributed by atoms with E-state index in [-0.39, 0.29) is 0 Å². The third kappa shape index (κ3) is 5.46. The molecule has 0 aliphatic carbocycles. The highest BCUT2D eigenvalue weighted by molar-refractivity contribution is 7.86. The second kappa shape index (κ2) is 10.8. The molecule has 6 aromatic rings. The van der Waals surface area contributed by atoms with Gasteiger partial charge in [-0.2, -0.15) is 13.2 Å². The maximum Gasteiger partial charge on any atom is 0.485 e. The van der Waals surface area contributed by atoms with Crippen molar-refractivity contribution in [3.05, 3.63) is 120 Å². The standard InChI is InChI=1S/C28H21ClN3.CHF3O3S/c29-23-13-8-9-20(17-23)19-30-28-27-24-14-5-4-12-22(24)18-25(21-10-2-1-3-11-21)32(27)26-15-6-7-16-31(26)28;2-1(3,4)8(5,6)7/h1-18,30H,19H2;(H,5,6,7)/q+1;/p-1. The minimum Gasteiger partial charge on any atom is -0.741 e. The van der Waals surface area contributed by atoms with Crippen molar-refractivity contribution in [1.29, 1.82) is 0 Å². The molecule has 1 N–H and O–H groups in total. The van der Waals surface area contributed by atoms with E-state index in [0.717, 1.165) is 27.6 Å². The molecule has 204 valence electrons. The van der Waals surface area contributed by atoms with Gasteiger partial charge in [0.2, 0.25) is 5.65 Å². The first-order chi connectivity index (χ1) is 19.0. The molecule has 0 unspecified atom stereocenters. The van der Waals surface area contributed by atoms with Crippen LogP contribution in [-0.2, 0) is 16.7 Å². The second-order valence-electron chi connectivity index (χ2n) is 8.83. The highest BCUT2D eigenvalue weighted by Crippen LogP contribution is 2.33. The number of imidazole rings is 1. The fourth-order valence-electron chi connectivity index (χ4n) is 4.51. The maximum atomic E-state index is 10.7. The summed E-state index contributed by atoms with van der Waals surface area (Å²) in [7, 11) is -6.09. The lowest BCUT2D eigenvalue weighted by atomic mass is 10.1. The van der Waals surface area contributed by atoms with Crippen LogP contribution in [0.1, 0.15) is 5.56 Å². The number of aromatic nitrogens is 2. The molecule has 0 aliphatic heterocycles. The summed E-state index contributed by atoms with van der Waals surface area (Å²) in [5.74, 6) is 1.06. The molecule has 3 aromatic heterocycles. The molecule has 11 heteroatoms. The first kappa shape index (κ1) is 27.4. The molecule has 6 rings (SSSR count). The third-order valence-corrected chi connectivity index (χ3v) is 7.01. The van der Waals surface area contributed by atoms with Gasteiger partial charge < -0.3 is 4.55 Å². The van der Waals surface area contributed by atoms with E-state index in [1.807, 2.05) is 18.2 Å². The van der Waals surface area contributed by atoms with Crippen LogP contribution in [0.2, 0.25) is 5.02 Å². The number of pyridine rings is 2. The number of alkyl halides is 3. The molecule has 0 fully saturated rings. The SMILES string of the molecule is Clc1cccc(CNc2c3c4ccccc4cc(-c4ccccc4)n3c3cccc[n+]23)c1.O=S(=O)([O-])C(F)(F)F. The van der Waals surface area contributed by atoms with Gasteiger partial charge >= 0.3 is 5.51 Å². The monoisotopic (exact) mass is 583 g/mol. The molecular weight excluding hydrogens is 563 g/mol. The van der Waals surface area contributed by atoms with Crippen LogP contribution in [0.25, 0.3) is 33.2 Å². The first-order valence-electron chi connectivity index (χ1n) is 12.0. The van der Waals surface area contributed by atoms with Gasteiger partial charge in [-0.1, -0.05) is 84.4 Å². The van der Waals surface area contributed by atoms with Crippen LogP contribution in [0.4, 0.5) is 19.0 Å². The summed E-state index contributed by atoms with van der Waals surface area (Å²) in [6.45, 7) is 0.682. The zero-order chi connectivity index (χ0) is 28.5. The smallest absolute Gasteiger partial charge is 0.485 e.